The molecule has 0 saturated heterocycles. The number of allylic oxidation sites excluding steroid dienone is 1. The molecule has 0 bridgehead atoms. The van der Waals surface area contributed by atoms with E-state index in [-0.39, 0.29) is 5.92 Å². The fraction of sp³-hybridized carbons (Fsp3) is 0.0385. The highest BCUT2D eigenvalue weighted by atomic mass is 16.3. The number of hydrogen-bond acceptors (Lipinski definition) is 4. The first-order chi connectivity index (χ1) is 27.7. The highest BCUT2D eigenvalue weighted by Gasteiger charge is 2.24. The number of hydrogen-bond donors (Lipinski definition) is 0. The fourth-order valence-corrected chi connectivity index (χ4v) is 8.90. The normalized spacial score (nSPS) is 14.1. The molecule has 4 nitrogen and oxygen atoms in total. The Morgan fingerprint density at radius 2 is 1.23 bits per heavy atom. The second kappa shape index (κ2) is 12.1. The van der Waals surface area contributed by atoms with E-state index in [4.69, 9.17) is 13.3 Å². The summed E-state index contributed by atoms with van der Waals surface area (Å²) in [7, 11) is 0. The monoisotopic (exact) mass is 719 g/mol. The maximum atomic E-state index is 6.87. The summed E-state index contributed by atoms with van der Waals surface area (Å²) in [5.41, 5.74) is 12.2. The van der Waals surface area contributed by atoms with E-state index in [9.17, 15) is 0 Å². The fourth-order valence-electron chi connectivity index (χ4n) is 8.90. The van der Waals surface area contributed by atoms with Gasteiger partial charge in [0.05, 0.1) is 5.69 Å². The second-order valence-electron chi connectivity index (χ2n) is 14.8. The van der Waals surface area contributed by atoms with Gasteiger partial charge in [-0.1, -0.05) is 115 Å². The summed E-state index contributed by atoms with van der Waals surface area (Å²) in [6, 6.07) is 60.0. The standard InChI is InChI=1S/C52H33NO3/c1-2-12-37(13-3-1)53(38-24-20-32-10-4-5-11-33(32)28-38)46-18-9-17-42-41-25-21-36(31-50(41)56-52(42)46)39-15-8-16-43-45-30-35(23-27-49(45)55-51(39)43)34-22-26-48-44(29-34)40-14-6-7-19-47(40)54-48/h1-28,30-31,34H,29H2. The summed E-state index contributed by atoms with van der Waals surface area (Å²) in [5, 5.41) is 7.99. The van der Waals surface area contributed by atoms with Crippen molar-refractivity contribution in [2.24, 2.45) is 0 Å². The van der Waals surface area contributed by atoms with Gasteiger partial charge < -0.3 is 18.2 Å². The van der Waals surface area contributed by atoms with Crippen LogP contribution in [0.15, 0.2) is 189 Å². The molecule has 0 spiro atoms. The second-order valence-corrected chi connectivity index (χ2v) is 14.8. The summed E-state index contributed by atoms with van der Waals surface area (Å²) in [4.78, 5) is 2.29. The highest BCUT2D eigenvalue weighted by molar-refractivity contribution is 6.13. The molecule has 1 aliphatic carbocycles. The lowest BCUT2D eigenvalue weighted by Gasteiger charge is -2.25. The highest BCUT2D eigenvalue weighted by Crippen LogP contribution is 2.45. The van der Waals surface area contributed by atoms with Crippen LogP contribution in [0.2, 0.25) is 0 Å². The summed E-state index contributed by atoms with van der Waals surface area (Å²) in [5.74, 6) is 1.22. The maximum absolute atomic E-state index is 6.87. The van der Waals surface area contributed by atoms with Gasteiger partial charge in [0.15, 0.2) is 5.58 Å². The Morgan fingerprint density at radius 1 is 0.464 bits per heavy atom. The first kappa shape index (κ1) is 31.1. The van der Waals surface area contributed by atoms with Crippen molar-refractivity contribution in [2.75, 3.05) is 4.90 Å². The summed E-state index contributed by atoms with van der Waals surface area (Å²) >= 11 is 0. The van der Waals surface area contributed by atoms with Gasteiger partial charge in [-0.3, -0.25) is 0 Å². The Balaban J connectivity index is 0.950. The van der Waals surface area contributed by atoms with Gasteiger partial charge in [0, 0.05) is 55.4 Å². The van der Waals surface area contributed by atoms with Gasteiger partial charge in [-0.2, -0.15) is 0 Å². The van der Waals surface area contributed by atoms with Crippen LogP contribution >= 0.6 is 0 Å². The van der Waals surface area contributed by atoms with Gasteiger partial charge in [0.2, 0.25) is 0 Å². The molecule has 8 aromatic carbocycles. The summed E-state index contributed by atoms with van der Waals surface area (Å²) in [6.45, 7) is 0. The molecule has 4 heteroatoms. The van der Waals surface area contributed by atoms with Crippen molar-refractivity contribution in [3.8, 4) is 11.1 Å². The summed E-state index contributed by atoms with van der Waals surface area (Å²) in [6.07, 6.45) is 5.31. The minimum atomic E-state index is 0.250. The third-order valence-corrected chi connectivity index (χ3v) is 11.6. The number of furan rings is 3. The minimum absolute atomic E-state index is 0.250. The molecule has 1 atom stereocenters. The maximum Gasteiger partial charge on any atom is 0.159 e. The van der Waals surface area contributed by atoms with Crippen molar-refractivity contribution in [3.63, 3.8) is 0 Å². The van der Waals surface area contributed by atoms with E-state index >= 15 is 0 Å². The molecular formula is C52H33NO3. The van der Waals surface area contributed by atoms with Gasteiger partial charge in [-0.15, -0.1) is 0 Å². The third-order valence-electron chi connectivity index (χ3n) is 11.6. The van der Waals surface area contributed by atoms with Crippen molar-refractivity contribution >= 4 is 88.8 Å². The average molecular weight is 720 g/mol. The van der Waals surface area contributed by atoms with Gasteiger partial charge in [-0.05, 0) is 95.1 Å². The Kier molecular flexibility index (Phi) is 6.72. The quantitative estimate of drug-likeness (QED) is 0.178. The van der Waals surface area contributed by atoms with E-state index in [2.05, 4.69) is 175 Å². The molecule has 1 aliphatic rings. The summed E-state index contributed by atoms with van der Waals surface area (Å²) < 4.78 is 19.7. The Hall–Kier alpha value is -7.30. The van der Waals surface area contributed by atoms with Crippen LogP contribution in [-0.2, 0) is 6.42 Å². The molecule has 0 aliphatic heterocycles. The predicted molar refractivity (Wildman–Crippen MR) is 230 cm³/mol. The van der Waals surface area contributed by atoms with Gasteiger partial charge in [0.1, 0.15) is 28.1 Å². The molecule has 3 aromatic heterocycles. The molecular weight excluding hydrogens is 687 g/mol. The van der Waals surface area contributed by atoms with Crippen molar-refractivity contribution < 1.29 is 13.3 Å². The van der Waals surface area contributed by atoms with E-state index in [1.54, 1.807) is 0 Å². The van der Waals surface area contributed by atoms with Crippen molar-refractivity contribution in [2.45, 2.75) is 12.3 Å². The van der Waals surface area contributed by atoms with Crippen molar-refractivity contribution in [3.05, 3.63) is 193 Å². The van der Waals surface area contributed by atoms with Crippen molar-refractivity contribution in [1.29, 1.82) is 0 Å². The number of rotatable bonds is 5. The van der Waals surface area contributed by atoms with Crippen LogP contribution < -0.4 is 4.90 Å². The van der Waals surface area contributed by atoms with Crippen LogP contribution in [-0.4, -0.2) is 0 Å². The van der Waals surface area contributed by atoms with E-state index in [0.717, 1.165) is 89.8 Å². The van der Waals surface area contributed by atoms with Crippen LogP contribution in [0, 0.1) is 0 Å². The number of anilines is 3. The van der Waals surface area contributed by atoms with Gasteiger partial charge >= 0.3 is 0 Å². The van der Waals surface area contributed by atoms with Crippen LogP contribution in [0.4, 0.5) is 17.1 Å². The number of benzene rings is 8. The Morgan fingerprint density at radius 3 is 2.16 bits per heavy atom. The smallest absolute Gasteiger partial charge is 0.159 e. The lowest BCUT2D eigenvalue weighted by atomic mass is 9.86. The zero-order valence-corrected chi connectivity index (χ0v) is 30.3. The molecule has 11 aromatic rings. The SMILES string of the molecule is C1=CC(c2ccc3oc4c(-c5ccc6c(c5)oc5c(N(c7ccccc7)c7ccc8ccccc8c7)cccc56)cccc4c3c2)Cc2c1oc1ccccc21. The van der Waals surface area contributed by atoms with Crippen LogP contribution in [0.3, 0.4) is 0 Å². The van der Waals surface area contributed by atoms with E-state index in [1.165, 1.54) is 27.3 Å². The zero-order chi connectivity index (χ0) is 36.7. The lowest BCUT2D eigenvalue weighted by molar-refractivity contribution is 0.591. The van der Waals surface area contributed by atoms with Gasteiger partial charge in [-0.25, -0.2) is 0 Å². The lowest BCUT2D eigenvalue weighted by Crippen LogP contribution is -2.10. The molecule has 0 radical (unpaired) electrons. The molecule has 0 N–H and O–H groups in total. The number of fused-ring (bicyclic) bond motifs is 10. The topological polar surface area (TPSA) is 42.7 Å². The van der Waals surface area contributed by atoms with Crippen LogP contribution in [0.5, 0.6) is 0 Å². The molecule has 1 unspecified atom stereocenters. The first-order valence-electron chi connectivity index (χ1n) is 19.2. The van der Waals surface area contributed by atoms with Crippen LogP contribution in [0.25, 0.3) is 82.8 Å². The molecule has 12 rings (SSSR count). The van der Waals surface area contributed by atoms with Gasteiger partial charge in [0.25, 0.3) is 0 Å². The number of para-hydroxylation sites is 4. The molecule has 0 amide bonds. The number of nitrogens with zero attached hydrogens (tertiary/aromatic N) is 1. The predicted octanol–water partition coefficient (Wildman–Crippen LogP) is 14.9. The first-order valence-corrected chi connectivity index (χ1v) is 19.2. The molecule has 264 valence electrons. The molecule has 56 heavy (non-hydrogen) atoms. The Labute approximate surface area is 322 Å². The Bertz CT molecular complexity index is 3360. The molecule has 0 fully saturated rings. The van der Waals surface area contributed by atoms with E-state index in [1.807, 2.05) is 12.1 Å². The largest absolute Gasteiger partial charge is 0.456 e. The average Bonchev–Trinajstić information content (AvgIpc) is 3.95. The molecule has 3 heterocycles. The van der Waals surface area contributed by atoms with E-state index < -0.39 is 0 Å². The van der Waals surface area contributed by atoms with Crippen LogP contribution in [0.1, 0.15) is 22.8 Å². The van der Waals surface area contributed by atoms with Crippen molar-refractivity contribution in [1.82, 2.24) is 0 Å². The van der Waals surface area contributed by atoms with E-state index in [0.29, 0.717) is 0 Å². The zero-order valence-electron chi connectivity index (χ0n) is 30.3. The minimum Gasteiger partial charge on any atom is -0.456 e. The molecule has 0 saturated carbocycles. The third kappa shape index (κ3) is 4.79.